The molecule has 2 aromatic carbocycles. The highest BCUT2D eigenvalue weighted by atomic mass is 19.4. The molecule has 0 unspecified atom stereocenters. The Hall–Kier alpha value is -4.85. The van der Waals surface area contributed by atoms with Crippen LogP contribution in [-0.2, 0) is 16.8 Å². The monoisotopic (exact) mass is 630 g/mol. The van der Waals surface area contributed by atoms with Crippen LogP contribution in [-0.4, -0.2) is 59.0 Å². The number of amides is 2. The molecule has 5 rings (SSSR count). The predicted octanol–water partition coefficient (Wildman–Crippen LogP) is 4.53. The van der Waals surface area contributed by atoms with E-state index in [0.29, 0.717) is 10.9 Å². The Balaban J connectivity index is 1.55. The Morgan fingerprint density at radius 1 is 1.09 bits per heavy atom. The summed E-state index contributed by atoms with van der Waals surface area (Å²) in [6, 6.07) is 11.2. The lowest BCUT2D eigenvalue weighted by molar-refractivity contribution is -0.265. The Morgan fingerprint density at radius 3 is 2.47 bits per heavy atom. The molecule has 236 valence electrons. The summed E-state index contributed by atoms with van der Waals surface area (Å²) in [5.74, 6) is -2.58. The summed E-state index contributed by atoms with van der Waals surface area (Å²) in [5, 5.41) is 13.8. The molecule has 2 amide bonds. The number of hydrogen-bond acceptors (Lipinski definition) is 7. The average Bonchev–Trinajstić information content (AvgIpc) is 3.82. The molecule has 2 heterocycles. The van der Waals surface area contributed by atoms with E-state index in [9.17, 15) is 36.6 Å². The lowest BCUT2D eigenvalue weighted by Gasteiger charge is -2.31. The predicted molar refractivity (Wildman–Crippen MR) is 152 cm³/mol. The molecule has 0 spiro atoms. The van der Waals surface area contributed by atoms with Gasteiger partial charge in [0.2, 0.25) is 11.5 Å². The molecule has 45 heavy (non-hydrogen) atoms. The number of ether oxygens (including phenoxy) is 2. The van der Waals surface area contributed by atoms with Crippen molar-refractivity contribution in [2.75, 3.05) is 19.8 Å². The van der Waals surface area contributed by atoms with E-state index in [1.54, 1.807) is 18.3 Å². The van der Waals surface area contributed by atoms with Crippen LogP contribution in [0.25, 0.3) is 22.2 Å². The van der Waals surface area contributed by atoms with Gasteiger partial charge in [-0.15, -0.1) is 0 Å². The molecular weight excluding hydrogens is 603 g/mol. The van der Waals surface area contributed by atoms with Crippen LogP contribution in [0.1, 0.15) is 34.5 Å². The molecule has 2 aromatic heterocycles. The summed E-state index contributed by atoms with van der Waals surface area (Å²) >= 11 is 0. The number of nitrogens with one attached hydrogen (secondary N) is 1. The van der Waals surface area contributed by atoms with Gasteiger partial charge in [-0.05, 0) is 61.4 Å². The third-order valence-electron chi connectivity index (χ3n) is 7.00. The number of rotatable bonds is 12. The number of carbonyl (C=O) groups is 2. The number of aliphatic hydroxyl groups is 1. The number of nitrogens with two attached hydrogens (primary N) is 1. The molecule has 4 aromatic rings. The third kappa shape index (κ3) is 6.95. The van der Waals surface area contributed by atoms with E-state index >= 15 is 0 Å². The van der Waals surface area contributed by atoms with E-state index in [0.717, 1.165) is 31.0 Å². The molecule has 0 radical (unpaired) electrons. The van der Waals surface area contributed by atoms with Gasteiger partial charge in [0.25, 0.3) is 5.91 Å². The van der Waals surface area contributed by atoms with Crippen molar-refractivity contribution >= 4 is 22.7 Å². The van der Waals surface area contributed by atoms with E-state index < -0.39 is 61.3 Å². The van der Waals surface area contributed by atoms with E-state index in [4.69, 9.17) is 15.2 Å². The second kappa shape index (κ2) is 12.6. The lowest BCUT2D eigenvalue weighted by Crippen LogP contribution is -2.51. The number of hydrogen-bond donors (Lipinski definition) is 3. The highest BCUT2D eigenvalue weighted by Gasteiger charge is 2.56. The molecule has 1 saturated carbocycles. The zero-order valence-corrected chi connectivity index (χ0v) is 23.5. The number of fused-ring (bicyclic) bond motifs is 1. The largest absolute Gasteiger partial charge is 0.488 e. The van der Waals surface area contributed by atoms with Crippen LogP contribution in [0, 0.1) is 5.82 Å². The summed E-state index contributed by atoms with van der Waals surface area (Å²) in [6.45, 7) is -2.93. The Labute approximate surface area is 253 Å². The number of carbonyl (C=O) groups excluding carboxylic acids is 2. The van der Waals surface area contributed by atoms with Gasteiger partial charge in [0, 0.05) is 28.3 Å². The molecule has 0 saturated heterocycles. The first-order valence-electron chi connectivity index (χ1n) is 13.8. The van der Waals surface area contributed by atoms with Gasteiger partial charge in [-0.3, -0.25) is 14.6 Å². The SMILES string of the molecule is NC(=O)Cc1cc([C@@](O)(CNC(=O)c2cc(OC3CC3)c3ncccc3c2)C(F)(F)F)nc(-c2ccc(F)cc2)c1OCCF. The highest BCUT2D eigenvalue weighted by molar-refractivity contribution is 6.00. The van der Waals surface area contributed by atoms with Gasteiger partial charge < -0.3 is 25.6 Å². The zero-order chi connectivity index (χ0) is 32.4. The van der Waals surface area contributed by atoms with Crippen molar-refractivity contribution in [2.24, 2.45) is 5.73 Å². The van der Waals surface area contributed by atoms with Gasteiger partial charge >= 0.3 is 6.18 Å². The highest BCUT2D eigenvalue weighted by Crippen LogP contribution is 2.42. The summed E-state index contributed by atoms with van der Waals surface area (Å²) in [7, 11) is 0. The number of primary amides is 1. The summed E-state index contributed by atoms with van der Waals surface area (Å²) in [6.07, 6.45) is -2.97. The van der Waals surface area contributed by atoms with E-state index in [1.165, 1.54) is 24.3 Å². The standard InChI is InChI=1S/C31H27F5N4O5/c32-9-11-44-28-19(15-25(37)41)14-24(40-27(28)17-3-5-21(33)6-4-17)30(43,31(34,35)36)16-39-29(42)20-12-18-2-1-10-38-26(18)23(13-20)45-22-7-8-22/h1-6,10,12-14,22,43H,7-9,11,15-16H2,(H2,37,41)(H,39,42)/t30-/m0/s1. The number of nitrogens with zero attached hydrogens (tertiary/aromatic N) is 2. The van der Waals surface area contributed by atoms with E-state index in [-0.39, 0.29) is 40.0 Å². The Kier molecular flexibility index (Phi) is 8.87. The van der Waals surface area contributed by atoms with Crippen molar-refractivity contribution in [3.8, 4) is 22.8 Å². The van der Waals surface area contributed by atoms with Crippen molar-refractivity contribution < 1.29 is 46.1 Å². The minimum Gasteiger partial charge on any atom is -0.488 e. The average molecular weight is 631 g/mol. The number of alkyl halides is 4. The van der Waals surface area contributed by atoms with Crippen LogP contribution in [0.2, 0.25) is 0 Å². The van der Waals surface area contributed by atoms with Crippen LogP contribution in [0.3, 0.4) is 0 Å². The first kappa shape index (κ1) is 31.6. The van der Waals surface area contributed by atoms with Crippen LogP contribution in [0.4, 0.5) is 22.0 Å². The van der Waals surface area contributed by atoms with Gasteiger partial charge in [-0.25, -0.2) is 13.8 Å². The fourth-order valence-corrected chi connectivity index (χ4v) is 4.61. The maximum atomic E-state index is 14.7. The van der Waals surface area contributed by atoms with Crippen LogP contribution >= 0.6 is 0 Å². The lowest BCUT2D eigenvalue weighted by atomic mass is 9.93. The molecule has 1 aliphatic rings. The van der Waals surface area contributed by atoms with Crippen LogP contribution in [0.15, 0.2) is 60.8 Å². The topological polar surface area (TPSA) is 137 Å². The van der Waals surface area contributed by atoms with Crippen molar-refractivity contribution in [3.05, 3.63) is 83.4 Å². The number of benzene rings is 2. The quantitative estimate of drug-likeness (QED) is 0.196. The Bertz CT molecular complexity index is 1730. The smallest absolute Gasteiger partial charge is 0.424 e. The summed E-state index contributed by atoms with van der Waals surface area (Å²) < 4.78 is 82.0. The number of aromatic nitrogens is 2. The van der Waals surface area contributed by atoms with Crippen LogP contribution in [0.5, 0.6) is 11.5 Å². The molecule has 0 bridgehead atoms. The van der Waals surface area contributed by atoms with Crippen LogP contribution < -0.4 is 20.5 Å². The molecule has 1 atom stereocenters. The first-order chi connectivity index (χ1) is 21.4. The maximum Gasteiger partial charge on any atom is 0.424 e. The molecule has 14 heteroatoms. The molecule has 1 fully saturated rings. The minimum absolute atomic E-state index is 0.0411. The second-order valence-corrected chi connectivity index (χ2v) is 10.4. The Morgan fingerprint density at radius 2 is 1.82 bits per heavy atom. The molecule has 4 N–H and O–H groups in total. The van der Waals surface area contributed by atoms with Crippen molar-refractivity contribution in [1.29, 1.82) is 0 Å². The first-order valence-corrected chi connectivity index (χ1v) is 13.8. The maximum absolute atomic E-state index is 14.7. The molecular formula is C31H27F5N4O5. The van der Waals surface area contributed by atoms with Gasteiger partial charge in [-0.2, -0.15) is 13.2 Å². The molecule has 1 aliphatic carbocycles. The fourth-order valence-electron chi connectivity index (χ4n) is 4.61. The minimum atomic E-state index is -5.41. The fraction of sp³-hybridized carbons (Fsp3) is 0.290. The van der Waals surface area contributed by atoms with E-state index in [2.05, 4.69) is 15.3 Å². The van der Waals surface area contributed by atoms with E-state index in [1.807, 2.05) is 0 Å². The van der Waals surface area contributed by atoms with Crippen molar-refractivity contribution in [1.82, 2.24) is 15.3 Å². The van der Waals surface area contributed by atoms with Gasteiger partial charge in [0.15, 0.2) is 0 Å². The van der Waals surface area contributed by atoms with Crippen molar-refractivity contribution in [2.45, 2.75) is 37.1 Å². The molecule has 0 aliphatic heterocycles. The third-order valence-corrected chi connectivity index (χ3v) is 7.00. The van der Waals surface area contributed by atoms with Gasteiger partial charge in [0.1, 0.15) is 41.8 Å². The van der Waals surface area contributed by atoms with Gasteiger partial charge in [0.05, 0.1) is 24.8 Å². The number of halogens is 5. The molecule has 9 nitrogen and oxygen atoms in total. The normalized spacial score (nSPS) is 14.5. The van der Waals surface area contributed by atoms with Crippen molar-refractivity contribution in [3.63, 3.8) is 0 Å². The summed E-state index contributed by atoms with van der Waals surface area (Å²) in [4.78, 5) is 33.4. The van der Waals surface area contributed by atoms with Gasteiger partial charge in [-0.1, -0.05) is 6.07 Å². The second-order valence-electron chi connectivity index (χ2n) is 10.4. The summed E-state index contributed by atoms with van der Waals surface area (Å²) in [5.41, 5.74) is 0.415. The number of pyridine rings is 2. The zero-order valence-electron chi connectivity index (χ0n) is 23.5.